The molecule has 114 valence electrons. The minimum atomic E-state index is -2.23. The molecule has 0 amide bonds. The van der Waals surface area contributed by atoms with Gasteiger partial charge in [0.15, 0.2) is 23.3 Å². The van der Waals surface area contributed by atoms with Crippen LogP contribution in [0.25, 0.3) is 0 Å². The van der Waals surface area contributed by atoms with Crippen molar-refractivity contribution in [1.29, 1.82) is 0 Å². The molecule has 0 bridgehead atoms. The zero-order valence-corrected chi connectivity index (χ0v) is 11.0. The fourth-order valence-electron chi connectivity index (χ4n) is 2.16. The van der Waals surface area contributed by atoms with Crippen LogP contribution in [0.2, 0.25) is 0 Å². The Bertz CT molecular complexity index is 480. The number of aliphatic hydroxyl groups is 1. The third kappa shape index (κ3) is 2.62. The van der Waals surface area contributed by atoms with Crippen molar-refractivity contribution >= 4 is 12.4 Å². The van der Waals surface area contributed by atoms with Gasteiger partial charge in [0.05, 0.1) is 12.1 Å². The second-order valence-electron chi connectivity index (χ2n) is 4.69. The zero-order chi connectivity index (χ0) is 14.3. The molecule has 0 heterocycles. The Labute approximate surface area is 118 Å². The molecule has 0 radical (unpaired) electrons. The van der Waals surface area contributed by atoms with Gasteiger partial charge in [0, 0.05) is 5.56 Å². The minimum Gasteiger partial charge on any atom is -0.391 e. The summed E-state index contributed by atoms with van der Waals surface area (Å²) in [6, 6.07) is -1.64. The predicted octanol–water partition coefficient (Wildman–Crippen LogP) is 2.96. The molecule has 8 heteroatoms. The van der Waals surface area contributed by atoms with Gasteiger partial charge in [-0.1, -0.05) is 6.42 Å². The first-order valence-corrected chi connectivity index (χ1v) is 5.81. The maximum absolute atomic E-state index is 13.5. The van der Waals surface area contributed by atoms with Crippen LogP contribution in [0.1, 0.15) is 30.9 Å². The van der Waals surface area contributed by atoms with Gasteiger partial charge in [0.25, 0.3) is 0 Å². The van der Waals surface area contributed by atoms with E-state index in [1.165, 1.54) is 0 Å². The normalized spacial score (nSPS) is 18.1. The van der Waals surface area contributed by atoms with Crippen LogP contribution in [0.5, 0.6) is 0 Å². The number of hydrogen-bond acceptors (Lipinski definition) is 2. The van der Waals surface area contributed by atoms with E-state index in [4.69, 9.17) is 5.73 Å². The van der Waals surface area contributed by atoms with Crippen molar-refractivity contribution in [2.75, 3.05) is 0 Å². The molecule has 1 aliphatic carbocycles. The third-order valence-electron chi connectivity index (χ3n) is 3.58. The molecule has 0 saturated heterocycles. The highest BCUT2D eigenvalue weighted by atomic mass is 35.5. The SMILES string of the molecule is Cl.N[C@H](c1c(F)c(F)c(F)c(F)c1F)[C@@H](O)C1CCC1. The second-order valence-corrected chi connectivity index (χ2v) is 4.69. The highest BCUT2D eigenvalue weighted by molar-refractivity contribution is 5.85. The first kappa shape index (κ1) is 17.1. The number of halogens is 6. The van der Waals surface area contributed by atoms with Crippen molar-refractivity contribution in [1.82, 2.24) is 0 Å². The zero-order valence-electron chi connectivity index (χ0n) is 10.2. The summed E-state index contributed by atoms with van der Waals surface area (Å²) in [6.07, 6.45) is 0.738. The summed E-state index contributed by atoms with van der Waals surface area (Å²) in [5.74, 6) is -10.6. The molecule has 1 fully saturated rings. The quantitative estimate of drug-likeness (QED) is 0.511. The smallest absolute Gasteiger partial charge is 0.200 e. The van der Waals surface area contributed by atoms with Gasteiger partial charge in [0.2, 0.25) is 5.82 Å². The van der Waals surface area contributed by atoms with Crippen LogP contribution < -0.4 is 5.73 Å². The Morgan fingerprint density at radius 1 is 0.900 bits per heavy atom. The van der Waals surface area contributed by atoms with Gasteiger partial charge in [-0.25, -0.2) is 22.0 Å². The van der Waals surface area contributed by atoms with Crippen LogP contribution in [0.4, 0.5) is 22.0 Å². The van der Waals surface area contributed by atoms with E-state index >= 15 is 0 Å². The molecule has 3 N–H and O–H groups in total. The standard InChI is InChI=1S/C12H12F5NO.ClH/c13-6-5(7(14)9(16)10(17)8(6)15)11(18)12(19)4-2-1-3-4;/h4,11-12,19H,1-3,18H2;1H/t11-,12+;/m1./s1. The summed E-state index contributed by atoms with van der Waals surface area (Å²) in [4.78, 5) is 0. The number of rotatable bonds is 3. The van der Waals surface area contributed by atoms with E-state index in [0.29, 0.717) is 12.8 Å². The largest absolute Gasteiger partial charge is 0.391 e. The maximum atomic E-state index is 13.5. The first-order chi connectivity index (χ1) is 8.86. The van der Waals surface area contributed by atoms with Crippen molar-refractivity contribution in [3.8, 4) is 0 Å². The topological polar surface area (TPSA) is 46.2 Å². The number of aliphatic hydroxyl groups excluding tert-OH is 1. The Kier molecular flexibility index (Phi) is 5.34. The van der Waals surface area contributed by atoms with Crippen LogP contribution in [-0.4, -0.2) is 11.2 Å². The lowest BCUT2D eigenvalue weighted by atomic mass is 9.77. The Hall–Kier alpha value is -0.920. The molecule has 2 rings (SSSR count). The van der Waals surface area contributed by atoms with Crippen LogP contribution in [0, 0.1) is 35.0 Å². The van der Waals surface area contributed by atoms with Crippen molar-refractivity contribution in [2.45, 2.75) is 31.4 Å². The summed E-state index contributed by atoms with van der Waals surface area (Å²) in [7, 11) is 0. The highest BCUT2D eigenvalue weighted by Gasteiger charge is 2.36. The van der Waals surface area contributed by atoms with Gasteiger partial charge >= 0.3 is 0 Å². The molecule has 0 spiro atoms. The van der Waals surface area contributed by atoms with E-state index in [1.54, 1.807) is 0 Å². The van der Waals surface area contributed by atoms with Gasteiger partial charge in [-0.05, 0) is 18.8 Å². The lowest BCUT2D eigenvalue weighted by Crippen LogP contribution is -2.37. The molecule has 0 aromatic heterocycles. The fourth-order valence-corrected chi connectivity index (χ4v) is 2.16. The molecule has 0 unspecified atom stereocenters. The van der Waals surface area contributed by atoms with Gasteiger partial charge < -0.3 is 10.8 Å². The van der Waals surface area contributed by atoms with Gasteiger partial charge in [-0.15, -0.1) is 12.4 Å². The Morgan fingerprint density at radius 2 is 1.30 bits per heavy atom. The summed E-state index contributed by atoms with van der Waals surface area (Å²) in [6.45, 7) is 0. The van der Waals surface area contributed by atoms with Gasteiger partial charge in [-0.2, -0.15) is 0 Å². The average molecular weight is 318 g/mol. The summed E-state index contributed by atoms with van der Waals surface area (Å²) >= 11 is 0. The second kappa shape index (κ2) is 6.24. The molecular formula is C12H13ClF5NO. The molecular weight excluding hydrogens is 305 g/mol. The van der Waals surface area contributed by atoms with Crippen LogP contribution in [0.3, 0.4) is 0 Å². The van der Waals surface area contributed by atoms with Crippen LogP contribution in [0.15, 0.2) is 0 Å². The number of nitrogens with two attached hydrogens (primary N) is 1. The fraction of sp³-hybridized carbons (Fsp3) is 0.500. The minimum absolute atomic E-state index is 0. The Balaban J connectivity index is 0.00000200. The summed E-state index contributed by atoms with van der Waals surface area (Å²) < 4.78 is 65.9. The lowest BCUT2D eigenvalue weighted by Gasteiger charge is -2.34. The van der Waals surface area contributed by atoms with E-state index in [2.05, 4.69) is 0 Å². The average Bonchev–Trinajstić information content (AvgIpc) is 2.32. The summed E-state index contributed by atoms with van der Waals surface area (Å²) in [5.41, 5.74) is 4.30. The number of benzene rings is 1. The van der Waals surface area contributed by atoms with E-state index in [0.717, 1.165) is 6.42 Å². The predicted molar refractivity (Wildman–Crippen MR) is 63.8 cm³/mol. The van der Waals surface area contributed by atoms with Gasteiger partial charge in [-0.3, -0.25) is 0 Å². The van der Waals surface area contributed by atoms with Crippen molar-refractivity contribution in [3.63, 3.8) is 0 Å². The molecule has 0 aliphatic heterocycles. The van der Waals surface area contributed by atoms with Crippen LogP contribution >= 0.6 is 12.4 Å². The number of hydrogen-bond donors (Lipinski definition) is 2. The molecule has 20 heavy (non-hydrogen) atoms. The molecule has 2 atom stereocenters. The lowest BCUT2D eigenvalue weighted by molar-refractivity contribution is 0.0390. The third-order valence-corrected chi connectivity index (χ3v) is 3.58. The molecule has 1 saturated carbocycles. The first-order valence-electron chi connectivity index (χ1n) is 5.81. The molecule has 1 aliphatic rings. The van der Waals surface area contributed by atoms with E-state index < -0.39 is 46.8 Å². The molecule has 2 nitrogen and oxygen atoms in total. The van der Waals surface area contributed by atoms with E-state index in [1.807, 2.05) is 0 Å². The summed E-state index contributed by atoms with van der Waals surface area (Å²) in [5, 5.41) is 9.79. The molecule has 1 aromatic carbocycles. The maximum Gasteiger partial charge on any atom is 0.200 e. The van der Waals surface area contributed by atoms with Crippen molar-refractivity contribution in [2.24, 2.45) is 11.7 Å². The van der Waals surface area contributed by atoms with E-state index in [9.17, 15) is 27.1 Å². The van der Waals surface area contributed by atoms with E-state index in [-0.39, 0.29) is 18.3 Å². The van der Waals surface area contributed by atoms with Crippen molar-refractivity contribution in [3.05, 3.63) is 34.6 Å². The monoisotopic (exact) mass is 317 g/mol. The highest BCUT2D eigenvalue weighted by Crippen LogP contribution is 2.36. The van der Waals surface area contributed by atoms with Crippen LogP contribution in [-0.2, 0) is 0 Å². The van der Waals surface area contributed by atoms with Crippen molar-refractivity contribution < 1.29 is 27.1 Å². The Morgan fingerprint density at radius 3 is 1.65 bits per heavy atom. The van der Waals surface area contributed by atoms with Gasteiger partial charge in [0.1, 0.15) is 0 Å². The molecule has 1 aromatic rings.